The molecule has 3 fully saturated rings. The molecule has 6 N–H and O–H groups in total. The molecule has 0 radical (unpaired) electrons. The average Bonchev–Trinajstić information content (AvgIpc) is 3.19. The number of fused-ring (bicyclic) bond motifs is 5. The molecule has 0 spiro atoms. The fourth-order valence-corrected chi connectivity index (χ4v) is 10.2. The molecule has 56 heavy (non-hydrogen) atoms. The van der Waals surface area contributed by atoms with Crippen molar-refractivity contribution in [2.24, 2.45) is 22.7 Å². The summed E-state index contributed by atoms with van der Waals surface area (Å²) in [5.41, 5.74) is -5.84. The molecule has 1 heterocycles. The van der Waals surface area contributed by atoms with E-state index in [0.717, 1.165) is 0 Å². The number of esters is 1. The first kappa shape index (κ1) is 39.7. The predicted octanol–water partition coefficient (Wildman–Crippen LogP) is 3.26. The molecule has 1 amide bonds. The number of hydrogen-bond donors (Lipinski definition) is 6. The van der Waals surface area contributed by atoms with Crippen molar-refractivity contribution < 1.29 is 54.2 Å². The summed E-state index contributed by atoms with van der Waals surface area (Å²) in [6, 6.07) is 23.8. The molecule has 3 aromatic rings. The van der Waals surface area contributed by atoms with Gasteiger partial charge in [-0.05, 0) is 42.7 Å². The summed E-state index contributed by atoms with van der Waals surface area (Å²) in [5.74, 6) is -5.47. The summed E-state index contributed by atoms with van der Waals surface area (Å²) >= 11 is 0. The van der Waals surface area contributed by atoms with Crippen molar-refractivity contribution in [3.05, 3.63) is 119 Å². The number of ether oxygens (including phenoxy) is 2. The smallest absolute Gasteiger partial charge is 0.338 e. The molecule has 1 aliphatic heterocycles. The lowest BCUT2D eigenvalue weighted by atomic mass is 9.42. The van der Waals surface area contributed by atoms with Crippen LogP contribution in [0.3, 0.4) is 0 Å². The van der Waals surface area contributed by atoms with Gasteiger partial charge in [0.05, 0.1) is 35.9 Å². The third-order valence-electron chi connectivity index (χ3n) is 13.4. The van der Waals surface area contributed by atoms with Crippen molar-refractivity contribution in [1.82, 2.24) is 5.32 Å². The van der Waals surface area contributed by atoms with Crippen molar-refractivity contribution in [1.29, 1.82) is 0 Å². The van der Waals surface area contributed by atoms with Crippen molar-refractivity contribution in [2.75, 3.05) is 6.61 Å². The monoisotopic (exact) mass is 767 g/mol. The minimum atomic E-state index is -2.08. The van der Waals surface area contributed by atoms with Crippen LogP contribution in [-0.2, 0) is 19.1 Å². The van der Waals surface area contributed by atoms with Crippen molar-refractivity contribution >= 4 is 23.4 Å². The molecule has 3 aromatic carbocycles. The molecule has 7 rings (SSSR count). The molecule has 11 atom stereocenters. The first-order valence-corrected chi connectivity index (χ1v) is 19.0. The Bertz CT molecular complexity index is 2040. The zero-order valence-electron chi connectivity index (χ0n) is 31.8. The number of rotatable bonds is 9. The number of aliphatic hydroxyl groups excluding tert-OH is 3. The molecule has 2 bridgehead atoms. The molecular formula is C44H49NO11. The van der Waals surface area contributed by atoms with Crippen LogP contribution in [-0.4, -0.2) is 97.3 Å². The summed E-state index contributed by atoms with van der Waals surface area (Å²) in [6.07, 6.45) is -8.39. The number of amides is 1. The molecule has 12 heteroatoms. The van der Waals surface area contributed by atoms with E-state index in [-0.39, 0.29) is 37.0 Å². The van der Waals surface area contributed by atoms with E-state index in [2.05, 4.69) is 5.32 Å². The highest BCUT2D eigenvalue weighted by molar-refractivity contribution is 5.97. The van der Waals surface area contributed by atoms with Crippen molar-refractivity contribution in [3.63, 3.8) is 0 Å². The van der Waals surface area contributed by atoms with Gasteiger partial charge in [0.25, 0.3) is 5.91 Å². The van der Waals surface area contributed by atoms with Crippen LogP contribution in [0.5, 0.6) is 0 Å². The van der Waals surface area contributed by atoms with Gasteiger partial charge in [0.1, 0.15) is 17.8 Å². The van der Waals surface area contributed by atoms with Gasteiger partial charge in [-0.1, -0.05) is 92.7 Å². The van der Waals surface area contributed by atoms with Gasteiger partial charge >= 0.3 is 5.97 Å². The van der Waals surface area contributed by atoms with E-state index < -0.39 is 93.9 Å². The molecule has 2 saturated carbocycles. The van der Waals surface area contributed by atoms with Crippen LogP contribution in [0.4, 0.5) is 0 Å². The van der Waals surface area contributed by atoms with E-state index in [1.807, 2.05) is 0 Å². The first-order valence-electron chi connectivity index (χ1n) is 19.0. The number of nitrogens with one attached hydrogen (secondary N) is 1. The van der Waals surface area contributed by atoms with Crippen LogP contribution in [0.25, 0.3) is 0 Å². The molecule has 0 aromatic heterocycles. The molecule has 3 aliphatic carbocycles. The fraction of sp³-hybridized carbons (Fsp3) is 0.455. The van der Waals surface area contributed by atoms with Crippen LogP contribution in [0.1, 0.15) is 79.3 Å². The van der Waals surface area contributed by atoms with Crippen LogP contribution >= 0.6 is 0 Å². The minimum Gasteiger partial charge on any atom is -0.456 e. The van der Waals surface area contributed by atoms with E-state index in [0.29, 0.717) is 16.7 Å². The summed E-state index contributed by atoms with van der Waals surface area (Å²) in [5, 5.41) is 63.9. The maximum Gasteiger partial charge on any atom is 0.338 e. The minimum absolute atomic E-state index is 0.0449. The average molecular weight is 768 g/mol. The van der Waals surface area contributed by atoms with Gasteiger partial charge in [0.2, 0.25) is 0 Å². The Morgan fingerprint density at radius 3 is 2.04 bits per heavy atom. The summed E-state index contributed by atoms with van der Waals surface area (Å²) in [6.45, 7) is 6.08. The normalized spacial score (nSPS) is 34.3. The zero-order chi connectivity index (χ0) is 40.4. The van der Waals surface area contributed by atoms with Gasteiger partial charge < -0.3 is 40.3 Å². The third-order valence-corrected chi connectivity index (χ3v) is 13.4. The van der Waals surface area contributed by atoms with Crippen LogP contribution < -0.4 is 5.32 Å². The Balaban J connectivity index is 1.31. The number of carbonyl (C=O) groups excluding carboxylic acids is 4. The number of benzene rings is 3. The molecule has 9 unspecified atom stereocenters. The predicted molar refractivity (Wildman–Crippen MR) is 202 cm³/mol. The van der Waals surface area contributed by atoms with E-state index in [9.17, 15) is 44.7 Å². The Kier molecular flexibility index (Phi) is 10.2. The van der Waals surface area contributed by atoms with E-state index in [1.165, 1.54) is 6.92 Å². The topological polar surface area (TPSA) is 200 Å². The number of ketones is 2. The Hall–Kier alpha value is -4.56. The van der Waals surface area contributed by atoms with Crippen molar-refractivity contribution in [3.8, 4) is 0 Å². The fourth-order valence-electron chi connectivity index (χ4n) is 10.2. The Labute approximate surface area is 325 Å². The summed E-state index contributed by atoms with van der Waals surface area (Å²) < 4.78 is 11.7. The number of carbonyl (C=O) groups is 4. The van der Waals surface area contributed by atoms with E-state index >= 15 is 0 Å². The lowest BCUT2D eigenvalue weighted by Crippen LogP contribution is -2.79. The van der Waals surface area contributed by atoms with Crippen LogP contribution in [0.15, 0.2) is 102 Å². The molecule has 12 nitrogen and oxygen atoms in total. The molecule has 1 saturated heterocycles. The Morgan fingerprint density at radius 2 is 1.46 bits per heavy atom. The number of aliphatic hydroxyl groups is 5. The zero-order valence-corrected chi connectivity index (χ0v) is 31.8. The first-order chi connectivity index (χ1) is 26.5. The highest BCUT2D eigenvalue weighted by Crippen LogP contribution is 2.65. The van der Waals surface area contributed by atoms with Gasteiger partial charge in [0.15, 0.2) is 17.7 Å². The summed E-state index contributed by atoms with van der Waals surface area (Å²) in [4.78, 5) is 56.3. The Morgan fingerprint density at radius 1 is 0.893 bits per heavy atom. The highest BCUT2D eigenvalue weighted by Gasteiger charge is 2.75. The lowest BCUT2D eigenvalue weighted by Gasteiger charge is -2.67. The van der Waals surface area contributed by atoms with Gasteiger partial charge in [-0.15, -0.1) is 0 Å². The molecule has 4 aliphatic rings. The van der Waals surface area contributed by atoms with Crippen molar-refractivity contribution in [2.45, 2.75) is 94.7 Å². The van der Waals surface area contributed by atoms with Crippen LogP contribution in [0.2, 0.25) is 0 Å². The number of hydrogen-bond acceptors (Lipinski definition) is 11. The molecule has 296 valence electrons. The SMILES string of the molecule is CC1=C2C(O)C(=O)[C@]3(C)C(O)CC4OCC4(O)C3[C@H](CC(=O)c3ccccc3)C(O)(CC1OC(=O)C(O)C(NC(=O)c1ccccc1)c1ccccc1)C2(C)C. The van der Waals surface area contributed by atoms with Gasteiger partial charge in [-0.25, -0.2) is 4.79 Å². The van der Waals surface area contributed by atoms with Gasteiger partial charge in [0, 0.05) is 47.6 Å². The van der Waals surface area contributed by atoms with Gasteiger partial charge in [-0.3, -0.25) is 14.4 Å². The number of Topliss-reactive ketones (excluding diaryl/α,β-unsaturated/α-hetero) is 2. The second-order valence-corrected chi connectivity index (χ2v) is 16.6. The lowest BCUT2D eigenvalue weighted by molar-refractivity contribution is -0.337. The maximum atomic E-state index is 14.8. The quantitative estimate of drug-likeness (QED) is 0.106. The second-order valence-electron chi connectivity index (χ2n) is 16.6. The standard InChI is InChI=1S/C44H49NO11/c1-24-30(56-40(52)36(49)34(26-16-10-6-11-17-26)45-39(51)27-18-12-7-13-19-27)22-44(54)28(20-29(46)25-14-8-5-9-15-25)37-42(4,31(47)21-32-43(37,53)23-55-32)38(50)35(48)33(24)41(44,2)3/h5-19,28,30-32,34-37,47-49,53-54H,20-23H2,1-4H3,(H,45,51)/t28-,30?,31?,32?,34?,35?,36?,37?,42+,43?,44?/m0/s1. The van der Waals surface area contributed by atoms with Gasteiger partial charge in [-0.2, -0.15) is 0 Å². The molecular weight excluding hydrogens is 718 g/mol. The highest BCUT2D eigenvalue weighted by atomic mass is 16.6. The second kappa shape index (κ2) is 14.4. The van der Waals surface area contributed by atoms with E-state index in [1.54, 1.807) is 112 Å². The van der Waals surface area contributed by atoms with E-state index in [4.69, 9.17) is 9.47 Å². The largest absolute Gasteiger partial charge is 0.456 e. The summed E-state index contributed by atoms with van der Waals surface area (Å²) in [7, 11) is 0. The third kappa shape index (κ3) is 6.14. The van der Waals surface area contributed by atoms with Crippen LogP contribution in [0, 0.1) is 22.7 Å². The maximum absolute atomic E-state index is 14.8.